The third kappa shape index (κ3) is 2.22. The molecule has 0 aliphatic heterocycles. The summed E-state index contributed by atoms with van der Waals surface area (Å²) in [5, 5.41) is 4.01. The fourth-order valence-corrected chi connectivity index (χ4v) is 1.66. The Morgan fingerprint density at radius 3 is 2.29 bits per heavy atom. The first-order valence-electron chi connectivity index (χ1n) is 4.98. The van der Waals surface area contributed by atoms with Crippen molar-refractivity contribution in [1.82, 2.24) is 9.78 Å². The molecule has 0 fully saturated rings. The van der Waals surface area contributed by atoms with Gasteiger partial charge in [-0.1, -0.05) is 0 Å². The summed E-state index contributed by atoms with van der Waals surface area (Å²) in [6.45, 7) is 1.67. The van der Waals surface area contributed by atoms with Crippen molar-refractivity contribution in [3.8, 4) is 0 Å². The average Bonchev–Trinajstić information content (AvgIpc) is 2.55. The van der Waals surface area contributed by atoms with E-state index in [0.29, 0.717) is 11.3 Å². The summed E-state index contributed by atoms with van der Waals surface area (Å²) in [6, 6.07) is 2.75. The summed E-state index contributed by atoms with van der Waals surface area (Å²) in [6.07, 6.45) is 1.53. The van der Waals surface area contributed by atoms with Crippen LogP contribution in [0.25, 0.3) is 0 Å². The highest BCUT2D eigenvalue weighted by atomic mass is 19.1. The van der Waals surface area contributed by atoms with Gasteiger partial charge >= 0.3 is 0 Å². The molecule has 88 valence electrons. The molecule has 1 aromatic carbocycles. The Morgan fingerprint density at radius 1 is 1.24 bits per heavy atom. The minimum Gasteiger partial charge on any atom is -0.288 e. The molecule has 0 radical (unpaired) electrons. The highest BCUT2D eigenvalue weighted by molar-refractivity contribution is 6.09. The summed E-state index contributed by atoms with van der Waals surface area (Å²) in [5.74, 6) is -1.97. The standard InChI is InChI=1S/C12H10F2N2O/c1-7-11(6-16(2)15-7)12(17)8-3-9(13)5-10(14)4-8/h3-6H,1-2H3. The largest absolute Gasteiger partial charge is 0.288 e. The Labute approximate surface area is 96.7 Å². The summed E-state index contributed by atoms with van der Waals surface area (Å²) in [5.41, 5.74) is 0.860. The fourth-order valence-electron chi connectivity index (χ4n) is 1.66. The number of aromatic nitrogens is 2. The zero-order valence-electron chi connectivity index (χ0n) is 9.37. The molecular weight excluding hydrogens is 226 g/mol. The van der Waals surface area contributed by atoms with Crippen molar-refractivity contribution in [2.45, 2.75) is 6.92 Å². The molecule has 2 aromatic rings. The molecule has 0 aliphatic rings. The predicted molar refractivity (Wildman–Crippen MR) is 57.7 cm³/mol. The first-order chi connectivity index (χ1) is 7.97. The zero-order chi connectivity index (χ0) is 12.6. The molecule has 5 heteroatoms. The first kappa shape index (κ1) is 11.4. The maximum atomic E-state index is 13.0. The number of carbonyl (C=O) groups excluding carboxylic acids is 1. The van der Waals surface area contributed by atoms with Crippen LogP contribution in [0.1, 0.15) is 21.6 Å². The molecule has 1 heterocycles. The van der Waals surface area contributed by atoms with Crippen LogP contribution in [0.4, 0.5) is 8.78 Å². The van der Waals surface area contributed by atoms with E-state index in [2.05, 4.69) is 5.10 Å². The minimum absolute atomic E-state index is 0.0152. The lowest BCUT2D eigenvalue weighted by molar-refractivity contribution is 0.103. The normalized spacial score (nSPS) is 10.6. The summed E-state index contributed by atoms with van der Waals surface area (Å²) in [4.78, 5) is 12.0. The van der Waals surface area contributed by atoms with Gasteiger partial charge in [0.2, 0.25) is 0 Å². The second-order valence-electron chi connectivity index (χ2n) is 3.79. The molecule has 2 rings (SSSR count). The fraction of sp³-hybridized carbons (Fsp3) is 0.167. The molecule has 0 aliphatic carbocycles. The van der Waals surface area contributed by atoms with Crippen LogP contribution in [0.2, 0.25) is 0 Å². The van der Waals surface area contributed by atoms with Gasteiger partial charge in [-0.15, -0.1) is 0 Å². The van der Waals surface area contributed by atoms with Gasteiger partial charge in [-0.2, -0.15) is 5.10 Å². The van der Waals surface area contributed by atoms with Gasteiger partial charge in [-0.25, -0.2) is 8.78 Å². The van der Waals surface area contributed by atoms with Crippen molar-refractivity contribution in [3.63, 3.8) is 0 Å². The van der Waals surface area contributed by atoms with Crippen LogP contribution in [-0.4, -0.2) is 15.6 Å². The quantitative estimate of drug-likeness (QED) is 0.749. The summed E-state index contributed by atoms with van der Waals surface area (Å²) >= 11 is 0. The van der Waals surface area contributed by atoms with Crippen LogP contribution in [0.3, 0.4) is 0 Å². The third-order valence-electron chi connectivity index (χ3n) is 2.38. The van der Waals surface area contributed by atoms with E-state index in [4.69, 9.17) is 0 Å². The van der Waals surface area contributed by atoms with Crippen molar-refractivity contribution in [1.29, 1.82) is 0 Å². The number of aryl methyl sites for hydroxylation is 2. The average molecular weight is 236 g/mol. The van der Waals surface area contributed by atoms with Crippen molar-refractivity contribution < 1.29 is 13.6 Å². The Balaban J connectivity index is 2.47. The Hall–Kier alpha value is -2.04. The second-order valence-corrected chi connectivity index (χ2v) is 3.79. The highest BCUT2D eigenvalue weighted by Gasteiger charge is 2.16. The molecule has 0 saturated heterocycles. The second kappa shape index (κ2) is 4.08. The lowest BCUT2D eigenvalue weighted by Crippen LogP contribution is -2.03. The van der Waals surface area contributed by atoms with Gasteiger partial charge in [0.05, 0.1) is 11.3 Å². The van der Waals surface area contributed by atoms with Crippen LogP contribution < -0.4 is 0 Å². The molecule has 0 amide bonds. The van der Waals surface area contributed by atoms with E-state index < -0.39 is 17.4 Å². The molecule has 17 heavy (non-hydrogen) atoms. The minimum atomic E-state index is -0.769. The van der Waals surface area contributed by atoms with Crippen molar-refractivity contribution in [3.05, 3.63) is 52.9 Å². The molecule has 0 bridgehead atoms. The number of hydrogen-bond acceptors (Lipinski definition) is 2. The van der Waals surface area contributed by atoms with Crippen molar-refractivity contribution in [2.24, 2.45) is 7.05 Å². The predicted octanol–water partition coefficient (Wildman–Crippen LogP) is 2.24. The topological polar surface area (TPSA) is 34.9 Å². The van der Waals surface area contributed by atoms with Crippen LogP contribution in [0.5, 0.6) is 0 Å². The Bertz CT molecular complexity index is 570. The van der Waals surface area contributed by atoms with Gasteiger partial charge in [0.1, 0.15) is 11.6 Å². The SMILES string of the molecule is Cc1nn(C)cc1C(=O)c1cc(F)cc(F)c1. The zero-order valence-corrected chi connectivity index (χ0v) is 9.37. The molecule has 0 atom stereocenters. The van der Waals surface area contributed by atoms with Crippen LogP contribution in [0.15, 0.2) is 24.4 Å². The number of ketones is 1. The molecule has 0 spiro atoms. The highest BCUT2D eigenvalue weighted by Crippen LogP contribution is 2.15. The van der Waals surface area contributed by atoms with E-state index in [1.165, 1.54) is 10.9 Å². The van der Waals surface area contributed by atoms with E-state index in [-0.39, 0.29) is 5.56 Å². The number of hydrogen-bond donors (Lipinski definition) is 0. The lowest BCUT2D eigenvalue weighted by atomic mass is 10.0. The molecule has 3 nitrogen and oxygen atoms in total. The van der Waals surface area contributed by atoms with E-state index >= 15 is 0 Å². The van der Waals surface area contributed by atoms with Gasteiger partial charge in [0, 0.05) is 24.9 Å². The smallest absolute Gasteiger partial charge is 0.196 e. The Kier molecular flexibility index (Phi) is 2.75. The van der Waals surface area contributed by atoms with Crippen molar-refractivity contribution >= 4 is 5.78 Å². The molecule has 1 aromatic heterocycles. The van der Waals surface area contributed by atoms with Gasteiger partial charge in [0.25, 0.3) is 0 Å². The van der Waals surface area contributed by atoms with E-state index in [0.717, 1.165) is 18.2 Å². The monoisotopic (exact) mass is 236 g/mol. The number of rotatable bonds is 2. The summed E-state index contributed by atoms with van der Waals surface area (Å²) in [7, 11) is 1.68. The van der Waals surface area contributed by atoms with Gasteiger partial charge in [0.15, 0.2) is 5.78 Å². The molecule has 0 saturated carbocycles. The first-order valence-corrected chi connectivity index (χ1v) is 4.98. The van der Waals surface area contributed by atoms with Crippen LogP contribution in [0, 0.1) is 18.6 Å². The third-order valence-corrected chi connectivity index (χ3v) is 2.38. The van der Waals surface area contributed by atoms with Gasteiger partial charge in [-0.05, 0) is 19.1 Å². The van der Waals surface area contributed by atoms with E-state index in [1.54, 1.807) is 14.0 Å². The maximum absolute atomic E-state index is 13.0. The Morgan fingerprint density at radius 2 is 1.82 bits per heavy atom. The van der Waals surface area contributed by atoms with E-state index in [9.17, 15) is 13.6 Å². The summed E-state index contributed by atoms with van der Waals surface area (Å²) < 4.78 is 27.5. The van der Waals surface area contributed by atoms with Crippen molar-refractivity contribution in [2.75, 3.05) is 0 Å². The molecule has 0 unspecified atom stereocenters. The number of halogens is 2. The number of benzene rings is 1. The van der Waals surface area contributed by atoms with Crippen LogP contribution >= 0.6 is 0 Å². The molecule has 0 N–H and O–H groups in total. The maximum Gasteiger partial charge on any atom is 0.196 e. The van der Waals surface area contributed by atoms with Crippen LogP contribution in [-0.2, 0) is 7.05 Å². The lowest BCUT2D eigenvalue weighted by Gasteiger charge is -2.00. The molecular formula is C12H10F2N2O. The van der Waals surface area contributed by atoms with Gasteiger partial charge in [-0.3, -0.25) is 9.48 Å². The van der Waals surface area contributed by atoms with Gasteiger partial charge < -0.3 is 0 Å². The number of carbonyl (C=O) groups is 1. The van der Waals surface area contributed by atoms with E-state index in [1.807, 2.05) is 0 Å². The number of nitrogens with zero attached hydrogens (tertiary/aromatic N) is 2.